The Balaban J connectivity index is 3.13. The van der Waals surface area contributed by atoms with Crippen LogP contribution in [-0.4, -0.2) is 266 Å². The van der Waals surface area contributed by atoms with Gasteiger partial charge in [-0.15, -0.1) is 0 Å². The quantitative estimate of drug-likeness (QED) is 0.115. The van der Waals surface area contributed by atoms with Gasteiger partial charge in [0.15, 0.2) is 0 Å². The first-order chi connectivity index (χ1) is 45.5. The van der Waals surface area contributed by atoms with Crippen LogP contribution in [0.15, 0.2) is 30.3 Å². The van der Waals surface area contributed by atoms with Crippen LogP contribution in [0, 0.1) is 41.4 Å². The minimum atomic E-state index is -1.72. The van der Waals surface area contributed by atoms with Crippen molar-refractivity contribution in [3.05, 3.63) is 35.9 Å². The van der Waals surface area contributed by atoms with Gasteiger partial charge in [-0.1, -0.05) is 121 Å². The lowest BCUT2D eigenvalue weighted by molar-refractivity contribution is -0.168. The van der Waals surface area contributed by atoms with E-state index in [2.05, 4.69) is 21.3 Å². The third-order valence-electron chi connectivity index (χ3n) is 18.2. The number of allylic oxidation sites excluding steroid dienone is 1. The minimum absolute atomic E-state index is 0.0640. The predicted molar refractivity (Wildman–Crippen MR) is 379 cm³/mol. The predicted octanol–water partition coefficient (Wildman–Crippen LogP) is 4.32. The van der Waals surface area contributed by atoms with Crippen molar-refractivity contribution >= 4 is 71.1 Å². The van der Waals surface area contributed by atoms with Crippen LogP contribution in [0.3, 0.4) is 0 Å². The maximum atomic E-state index is 15.5. The van der Waals surface area contributed by atoms with Crippen LogP contribution in [0.5, 0.6) is 5.75 Å². The lowest BCUT2D eigenvalue weighted by atomic mass is 9.91. The van der Waals surface area contributed by atoms with Gasteiger partial charge in [-0.2, -0.15) is 0 Å². The highest BCUT2D eigenvalue weighted by atomic mass is 16.5. The fourth-order valence-electron chi connectivity index (χ4n) is 12.0. The Morgan fingerprint density at radius 1 is 0.490 bits per heavy atom. The van der Waals surface area contributed by atoms with Gasteiger partial charge in [0, 0.05) is 55.9 Å². The van der Waals surface area contributed by atoms with Gasteiger partial charge >= 0.3 is 0 Å². The molecule has 1 aliphatic rings. The Morgan fingerprint density at radius 2 is 0.929 bits per heavy atom. The van der Waals surface area contributed by atoms with Gasteiger partial charge in [0.1, 0.15) is 66.2 Å². The van der Waals surface area contributed by atoms with Crippen LogP contribution in [-0.2, 0) is 57.5 Å². The van der Waals surface area contributed by atoms with Crippen LogP contribution in [0.25, 0.3) is 6.08 Å². The summed E-state index contributed by atoms with van der Waals surface area (Å²) < 4.78 is 11.6. The number of nitrogens with one attached hydrogen (secondary N) is 4. The maximum absolute atomic E-state index is 15.5. The number of ether oxygens (including phenoxy) is 2. The van der Waals surface area contributed by atoms with Crippen molar-refractivity contribution in [2.24, 2.45) is 41.4 Å². The van der Waals surface area contributed by atoms with E-state index in [4.69, 9.17) is 9.47 Å². The zero-order valence-corrected chi connectivity index (χ0v) is 63.9. The van der Waals surface area contributed by atoms with Crippen LogP contribution in [0.4, 0.5) is 0 Å². The van der Waals surface area contributed by atoms with E-state index in [-0.39, 0.29) is 68.8 Å². The Kier molecular flexibility index (Phi) is 35.6. The van der Waals surface area contributed by atoms with Gasteiger partial charge in [0.25, 0.3) is 5.91 Å². The van der Waals surface area contributed by atoms with Crippen molar-refractivity contribution in [3.63, 3.8) is 0 Å². The van der Waals surface area contributed by atoms with E-state index in [9.17, 15) is 29.1 Å². The van der Waals surface area contributed by atoms with Crippen molar-refractivity contribution in [3.8, 4) is 5.75 Å². The fourth-order valence-corrected chi connectivity index (χ4v) is 12.0. The zero-order valence-electron chi connectivity index (χ0n) is 63.9. The van der Waals surface area contributed by atoms with Gasteiger partial charge in [0.05, 0.1) is 19.8 Å². The number of amides is 11. The van der Waals surface area contributed by atoms with E-state index >= 15 is 28.8 Å². The molecule has 1 aromatic carbocycles. The van der Waals surface area contributed by atoms with Crippen molar-refractivity contribution < 1.29 is 67.3 Å². The molecule has 26 nitrogen and oxygen atoms in total. The normalized spacial score (nSPS) is 25.7. The molecule has 0 radical (unpaired) electrons. The Labute approximate surface area is 585 Å². The number of aliphatic hydroxyl groups is 1. The lowest BCUT2D eigenvalue weighted by Gasteiger charge is -2.41. The molecule has 11 amide bonds. The average molecular weight is 1380 g/mol. The number of nitrogens with zero attached hydrogens (tertiary/aromatic N) is 8. The SMILES string of the molecule is CCC1NC(=O)[C@H]([C@H](O)[C@H](C)C/C=C/c2ccc(OC)cc2)N(C)C(=O)[C@H](C(C)C)N(C)C(=O)[C@H](CC(C)C)N(C)C(=O)[C@H](CC(C)C)N(C)C(=O)[C@@H](C)NC(=O)[C@H](C)NC(=O)[C@H](CC(C)C)N(C)C(=O)[C@H](C(C)C)NC(=O)[C@H](CC(C)C)N(C)C(=O)C(OCCN(C)C)N(C)C1=O. The summed E-state index contributed by atoms with van der Waals surface area (Å²) in [6, 6.07) is -5.69. The molecule has 0 aliphatic carbocycles. The summed E-state index contributed by atoms with van der Waals surface area (Å²) in [4.78, 5) is 175. The molecule has 556 valence electrons. The number of methoxy groups -OCH3 is 1. The molecule has 1 aromatic rings. The Bertz CT molecular complexity index is 2850. The molecule has 13 atom stereocenters. The van der Waals surface area contributed by atoms with Crippen molar-refractivity contribution in [2.45, 2.75) is 222 Å². The summed E-state index contributed by atoms with van der Waals surface area (Å²) >= 11 is 0. The molecule has 2 unspecified atom stereocenters. The van der Waals surface area contributed by atoms with Crippen LogP contribution in [0.1, 0.15) is 155 Å². The molecule has 0 bridgehead atoms. The van der Waals surface area contributed by atoms with Gasteiger partial charge in [0.2, 0.25) is 65.3 Å². The highest BCUT2D eigenvalue weighted by Crippen LogP contribution is 2.27. The molecule has 0 spiro atoms. The average Bonchev–Trinajstić information content (AvgIpc) is 0.806. The summed E-state index contributed by atoms with van der Waals surface area (Å²) in [6.45, 7) is 28.2. The molecule has 0 saturated carbocycles. The highest BCUT2D eigenvalue weighted by Gasteiger charge is 2.47. The first-order valence-electron chi connectivity index (χ1n) is 34.8. The monoisotopic (exact) mass is 1380 g/mol. The first-order valence-corrected chi connectivity index (χ1v) is 34.8. The number of carbonyl (C=O) groups excluding carboxylic acids is 11. The number of aliphatic hydroxyl groups excluding tert-OH is 1. The highest BCUT2D eigenvalue weighted by molar-refractivity contribution is 6.00. The van der Waals surface area contributed by atoms with E-state index in [1.807, 2.05) is 79.7 Å². The number of carbonyl (C=O) groups is 11. The molecule has 1 fully saturated rings. The standard InChI is InChI=1S/C72H124N12O14/c1-27-52-66(91)84(25)72(98-36-35-77(17)18)71(96)79(20)54(38-42(4)5)63(88)76-57(45(10)11)69(94)78(19)53(37-41(2)3)62(87)73-48(15)61(86)74-49(16)65(90)80(21)55(39-43(6)7)67(92)81(22)56(40-44(8)9)68(93)82(23)58(46(12)13)70(95)83(24)59(64(89)75-52)60(85)47(14)29-28-30-50-31-33-51(97-26)34-32-50/h28,30-34,41-49,52-60,72,85H,27,29,35-40H2,1-26H3,(H,73,87)(H,74,86)(H,75,89)(H,76,88)/b30-28+/t47-,48+,49-,52?,53+,54+,55+,56+,57+,58+,59+,60-,72?/m1/s1. The molecule has 2 rings (SSSR count). The van der Waals surface area contributed by atoms with Gasteiger partial charge < -0.3 is 75.0 Å². The largest absolute Gasteiger partial charge is 0.497 e. The van der Waals surface area contributed by atoms with Crippen LogP contribution in [0.2, 0.25) is 0 Å². The van der Waals surface area contributed by atoms with Crippen LogP contribution < -0.4 is 26.0 Å². The number of rotatable bonds is 21. The summed E-state index contributed by atoms with van der Waals surface area (Å²) in [5.41, 5.74) is 0.824. The zero-order chi connectivity index (χ0) is 75.2. The van der Waals surface area contributed by atoms with Gasteiger partial charge in [-0.25, -0.2) is 0 Å². The van der Waals surface area contributed by atoms with Gasteiger partial charge in [-0.05, 0) is 126 Å². The van der Waals surface area contributed by atoms with E-state index in [0.29, 0.717) is 12.3 Å². The van der Waals surface area contributed by atoms with Crippen molar-refractivity contribution in [2.75, 3.05) is 83.7 Å². The van der Waals surface area contributed by atoms with E-state index in [1.54, 1.807) is 79.8 Å². The molecular formula is C72H124N12O14. The summed E-state index contributed by atoms with van der Waals surface area (Å²) in [6.07, 6.45) is 0.955. The second-order valence-corrected chi connectivity index (χ2v) is 29.4. The topological polar surface area (TPSA) is 301 Å². The number of hydrogen-bond acceptors (Lipinski definition) is 15. The smallest absolute Gasteiger partial charge is 0.273 e. The fraction of sp³-hybridized carbons (Fsp3) is 0.736. The maximum Gasteiger partial charge on any atom is 0.273 e. The molecule has 26 heteroatoms. The first kappa shape index (κ1) is 86.9. The third-order valence-corrected chi connectivity index (χ3v) is 18.2. The lowest BCUT2D eigenvalue weighted by Crippen LogP contribution is -2.64. The third kappa shape index (κ3) is 24.6. The number of likely N-dealkylation sites (N-methyl/N-ethyl adjacent to an activating group) is 8. The Hall–Kier alpha value is -7.19. The number of benzene rings is 1. The molecule has 1 saturated heterocycles. The molecule has 5 N–H and O–H groups in total. The van der Waals surface area contributed by atoms with Crippen molar-refractivity contribution in [1.82, 2.24) is 60.5 Å². The summed E-state index contributed by atoms with van der Waals surface area (Å²) in [7, 11) is 15.0. The summed E-state index contributed by atoms with van der Waals surface area (Å²) in [5.74, 6) is -10.0. The van der Waals surface area contributed by atoms with E-state index in [0.717, 1.165) is 20.3 Å². The van der Waals surface area contributed by atoms with Crippen molar-refractivity contribution in [1.29, 1.82) is 0 Å². The molecule has 98 heavy (non-hydrogen) atoms. The number of hydrogen-bond donors (Lipinski definition) is 5. The molecule has 1 aliphatic heterocycles. The molecule has 1 heterocycles. The minimum Gasteiger partial charge on any atom is -0.497 e. The van der Waals surface area contributed by atoms with Crippen LogP contribution >= 0.6 is 0 Å². The van der Waals surface area contributed by atoms with E-state index < -0.39 is 155 Å². The Morgan fingerprint density at radius 3 is 1.39 bits per heavy atom. The summed E-state index contributed by atoms with van der Waals surface area (Å²) in [5, 5.41) is 23.7. The van der Waals surface area contributed by atoms with Gasteiger partial charge in [-0.3, -0.25) is 52.7 Å². The van der Waals surface area contributed by atoms with E-state index in [1.165, 1.54) is 82.8 Å². The second kappa shape index (κ2) is 40.2. The second-order valence-electron chi connectivity index (χ2n) is 29.4. The molecular weight excluding hydrogens is 1260 g/mol. The molecule has 0 aromatic heterocycles.